The summed E-state index contributed by atoms with van der Waals surface area (Å²) in [5, 5.41) is 2.56. The third-order valence-corrected chi connectivity index (χ3v) is 7.07. The topological polar surface area (TPSA) is 114 Å². The number of nitrogens with one attached hydrogen (secondary N) is 1. The summed E-state index contributed by atoms with van der Waals surface area (Å²) in [6, 6.07) is 11.1. The molecule has 10 nitrogen and oxygen atoms in total. The normalized spacial score (nSPS) is 14.5. The van der Waals surface area contributed by atoms with E-state index in [0.717, 1.165) is 0 Å². The highest BCUT2D eigenvalue weighted by Gasteiger charge is 2.32. The van der Waals surface area contributed by atoms with E-state index in [4.69, 9.17) is 14.2 Å². The SMILES string of the molecule is CCOC(=O)Nc1cccc(C(=O)N2CCN(S(=O)(=O)c3cc(OC)ccc3OC)CC2)c1. The van der Waals surface area contributed by atoms with E-state index < -0.39 is 16.1 Å². The molecule has 0 aliphatic carbocycles. The molecular formula is C22H27N3O7S. The zero-order valence-corrected chi connectivity index (χ0v) is 19.6. The third kappa shape index (κ3) is 5.55. The van der Waals surface area contributed by atoms with Crippen molar-refractivity contribution in [1.82, 2.24) is 9.21 Å². The van der Waals surface area contributed by atoms with Crippen molar-refractivity contribution in [1.29, 1.82) is 0 Å². The Morgan fingerprint density at radius 3 is 2.36 bits per heavy atom. The standard InChI is InChI=1S/C22H27N3O7S/c1-4-32-22(27)23-17-7-5-6-16(14-17)21(26)24-10-12-25(13-11-24)33(28,29)20-15-18(30-2)8-9-19(20)31-3/h5-9,14-15H,4,10-13H2,1-3H3,(H,23,27). The molecule has 0 unspecified atom stereocenters. The minimum Gasteiger partial charge on any atom is -0.497 e. The zero-order chi connectivity index (χ0) is 24.0. The van der Waals surface area contributed by atoms with Crippen molar-refractivity contribution >= 4 is 27.7 Å². The van der Waals surface area contributed by atoms with Crippen molar-refractivity contribution in [2.75, 3.05) is 52.3 Å². The number of carbonyl (C=O) groups is 2. The first-order valence-corrected chi connectivity index (χ1v) is 11.8. The van der Waals surface area contributed by atoms with E-state index in [9.17, 15) is 18.0 Å². The van der Waals surface area contributed by atoms with E-state index in [2.05, 4.69) is 5.32 Å². The van der Waals surface area contributed by atoms with Crippen LogP contribution in [-0.2, 0) is 14.8 Å². The molecule has 11 heteroatoms. The Hall–Kier alpha value is -3.31. The second kappa shape index (κ2) is 10.5. The molecule has 0 radical (unpaired) electrons. The van der Waals surface area contributed by atoms with Crippen LogP contribution in [0.5, 0.6) is 11.5 Å². The molecule has 178 valence electrons. The molecular weight excluding hydrogens is 450 g/mol. The Morgan fingerprint density at radius 2 is 1.73 bits per heavy atom. The number of hydrogen-bond donors (Lipinski definition) is 1. The lowest BCUT2D eigenvalue weighted by molar-refractivity contribution is 0.0697. The molecule has 1 N–H and O–H groups in total. The molecule has 3 rings (SSSR count). The Balaban J connectivity index is 1.70. The predicted octanol–water partition coefficient (Wildman–Crippen LogP) is 2.42. The van der Waals surface area contributed by atoms with Gasteiger partial charge in [0, 0.05) is 43.5 Å². The fourth-order valence-electron chi connectivity index (χ4n) is 3.45. The van der Waals surface area contributed by atoms with Gasteiger partial charge in [0.25, 0.3) is 5.91 Å². The van der Waals surface area contributed by atoms with Crippen LogP contribution in [0.25, 0.3) is 0 Å². The minimum absolute atomic E-state index is 0.0156. The second-order valence-corrected chi connectivity index (χ2v) is 9.05. The van der Waals surface area contributed by atoms with Gasteiger partial charge in [-0.2, -0.15) is 4.31 Å². The summed E-state index contributed by atoms with van der Waals surface area (Å²) in [5.41, 5.74) is 0.820. The maximum absolute atomic E-state index is 13.2. The first kappa shape index (κ1) is 24.3. The summed E-state index contributed by atoms with van der Waals surface area (Å²) in [6.07, 6.45) is -0.603. The molecule has 2 aromatic carbocycles. The lowest BCUT2D eigenvalue weighted by atomic mass is 10.1. The van der Waals surface area contributed by atoms with E-state index in [-0.39, 0.29) is 49.3 Å². The number of methoxy groups -OCH3 is 2. The number of anilines is 1. The first-order valence-electron chi connectivity index (χ1n) is 10.4. The summed E-state index contributed by atoms with van der Waals surface area (Å²) in [4.78, 5) is 26.2. The molecule has 1 aliphatic heterocycles. The smallest absolute Gasteiger partial charge is 0.411 e. The van der Waals surface area contributed by atoms with Gasteiger partial charge >= 0.3 is 6.09 Å². The quantitative estimate of drug-likeness (QED) is 0.651. The molecule has 0 bridgehead atoms. The van der Waals surface area contributed by atoms with Gasteiger partial charge in [-0.05, 0) is 37.3 Å². The van der Waals surface area contributed by atoms with Gasteiger partial charge in [-0.15, -0.1) is 0 Å². The average Bonchev–Trinajstić information content (AvgIpc) is 2.83. The molecule has 0 aromatic heterocycles. The maximum Gasteiger partial charge on any atom is 0.411 e. The van der Waals surface area contributed by atoms with E-state index >= 15 is 0 Å². The molecule has 2 aromatic rings. The van der Waals surface area contributed by atoms with Crippen molar-refractivity contribution in [2.24, 2.45) is 0 Å². The summed E-state index contributed by atoms with van der Waals surface area (Å²) in [6.45, 7) is 2.65. The molecule has 1 heterocycles. The summed E-state index contributed by atoms with van der Waals surface area (Å²) in [7, 11) is -0.985. The lowest BCUT2D eigenvalue weighted by Crippen LogP contribution is -2.50. The van der Waals surface area contributed by atoms with Crippen molar-refractivity contribution in [3.63, 3.8) is 0 Å². The minimum atomic E-state index is -3.85. The molecule has 2 amide bonds. The lowest BCUT2D eigenvalue weighted by Gasteiger charge is -2.34. The number of piperazine rings is 1. The summed E-state index contributed by atoms with van der Waals surface area (Å²) < 4.78 is 43.0. The number of sulfonamides is 1. The van der Waals surface area contributed by atoms with Crippen LogP contribution < -0.4 is 14.8 Å². The fraction of sp³-hybridized carbons (Fsp3) is 0.364. The predicted molar refractivity (Wildman–Crippen MR) is 121 cm³/mol. The molecule has 0 saturated carbocycles. The van der Waals surface area contributed by atoms with E-state index in [1.807, 2.05) is 0 Å². The van der Waals surface area contributed by atoms with Crippen LogP contribution in [0.3, 0.4) is 0 Å². The number of rotatable bonds is 7. The first-order chi connectivity index (χ1) is 15.8. The van der Waals surface area contributed by atoms with Crippen molar-refractivity contribution < 1.29 is 32.2 Å². The highest BCUT2D eigenvalue weighted by molar-refractivity contribution is 7.89. The zero-order valence-electron chi connectivity index (χ0n) is 18.7. The number of hydrogen-bond acceptors (Lipinski definition) is 7. The van der Waals surface area contributed by atoms with Gasteiger partial charge in [0.05, 0.1) is 20.8 Å². The van der Waals surface area contributed by atoms with Gasteiger partial charge in [-0.25, -0.2) is 13.2 Å². The van der Waals surface area contributed by atoms with E-state index in [1.54, 1.807) is 48.2 Å². The van der Waals surface area contributed by atoms with Crippen LogP contribution in [0.1, 0.15) is 17.3 Å². The van der Waals surface area contributed by atoms with Crippen LogP contribution in [0, 0.1) is 0 Å². The maximum atomic E-state index is 13.2. The molecule has 33 heavy (non-hydrogen) atoms. The van der Waals surface area contributed by atoms with Crippen LogP contribution in [0.2, 0.25) is 0 Å². The number of ether oxygens (including phenoxy) is 3. The molecule has 1 saturated heterocycles. The Bertz CT molecular complexity index is 1110. The third-order valence-electron chi connectivity index (χ3n) is 5.15. The Labute approximate surface area is 193 Å². The largest absolute Gasteiger partial charge is 0.497 e. The highest BCUT2D eigenvalue weighted by Crippen LogP contribution is 2.31. The van der Waals surface area contributed by atoms with E-state index in [1.165, 1.54) is 24.6 Å². The van der Waals surface area contributed by atoms with Gasteiger partial charge in [0.2, 0.25) is 10.0 Å². The van der Waals surface area contributed by atoms with Gasteiger partial charge in [0.15, 0.2) is 0 Å². The van der Waals surface area contributed by atoms with Crippen LogP contribution in [0.15, 0.2) is 47.4 Å². The average molecular weight is 478 g/mol. The highest BCUT2D eigenvalue weighted by atomic mass is 32.2. The Morgan fingerprint density at radius 1 is 1.00 bits per heavy atom. The number of benzene rings is 2. The van der Waals surface area contributed by atoms with Crippen LogP contribution in [0.4, 0.5) is 10.5 Å². The molecule has 1 aliphatic rings. The van der Waals surface area contributed by atoms with Crippen LogP contribution in [-0.4, -0.2) is 76.6 Å². The number of carbonyl (C=O) groups excluding carboxylic acids is 2. The second-order valence-electron chi connectivity index (χ2n) is 7.14. The fourth-order valence-corrected chi connectivity index (χ4v) is 5.05. The summed E-state index contributed by atoms with van der Waals surface area (Å²) >= 11 is 0. The van der Waals surface area contributed by atoms with Crippen molar-refractivity contribution in [3.8, 4) is 11.5 Å². The van der Waals surface area contributed by atoms with Gasteiger partial charge in [-0.3, -0.25) is 10.1 Å². The van der Waals surface area contributed by atoms with Gasteiger partial charge < -0.3 is 19.1 Å². The molecule has 0 spiro atoms. The number of amides is 2. The Kier molecular flexibility index (Phi) is 7.77. The molecule has 1 fully saturated rings. The monoisotopic (exact) mass is 477 g/mol. The summed E-state index contributed by atoms with van der Waals surface area (Å²) in [5.74, 6) is 0.373. The van der Waals surface area contributed by atoms with Crippen molar-refractivity contribution in [2.45, 2.75) is 11.8 Å². The van der Waals surface area contributed by atoms with E-state index in [0.29, 0.717) is 17.0 Å². The molecule has 0 atom stereocenters. The van der Waals surface area contributed by atoms with Gasteiger partial charge in [-0.1, -0.05) is 6.07 Å². The van der Waals surface area contributed by atoms with Crippen molar-refractivity contribution in [3.05, 3.63) is 48.0 Å². The van der Waals surface area contributed by atoms with Crippen LogP contribution >= 0.6 is 0 Å². The number of nitrogens with zero attached hydrogens (tertiary/aromatic N) is 2. The van der Waals surface area contributed by atoms with Gasteiger partial charge in [0.1, 0.15) is 16.4 Å².